The second kappa shape index (κ2) is 5.52. The Bertz CT molecular complexity index is 748. The van der Waals surface area contributed by atoms with Crippen molar-refractivity contribution >= 4 is 34.9 Å². The lowest BCUT2D eigenvalue weighted by molar-refractivity contribution is 0.0966. The minimum atomic E-state index is -0.777. The van der Waals surface area contributed by atoms with E-state index in [0.29, 0.717) is 5.82 Å². The molecule has 1 amide bonds. The van der Waals surface area contributed by atoms with Gasteiger partial charge in [-0.15, -0.1) is 0 Å². The van der Waals surface area contributed by atoms with Crippen LogP contribution in [0.1, 0.15) is 36.7 Å². The number of amides is 1. The van der Waals surface area contributed by atoms with Crippen LogP contribution in [0.2, 0.25) is 10.3 Å². The molecular weight excluding hydrogens is 330 g/mol. The number of hydrogen-bond donors (Lipinski definition) is 0. The van der Waals surface area contributed by atoms with Crippen molar-refractivity contribution in [2.24, 2.45) is 0 Å². The quantitative estimate of drug-likeness (QED) is 0.742. The second-order valence-corrected chi connectivity index (χ2v) is 6.06. The van der Waals surface area contributed by atoms with Gasteiger partial charge in [-0.2, -0.15) is 5.10 Å². The number of nitrogens with zero attached hydrogens (tertiary/aromatic N) is 4. The van der Waals surface area contributed by atoms with E-state index in [2.05, 4.69) is 10.1 Å². The number of carbonyl (C=O) groups excluding carboxylic acids is 1. The van der Waals surface area contributed by atoms with E-state index in [1.807, 2.05) is 13.8 Å². The van der Waals surface area contributed by atoms with Gasteiger partial charge in [0.2, 0.25) is 0 Å². The van der Waals surface area contributed by atoms with Crippen molar-refractivity contribution in [3.63, 3.8) is 0 Å². The number of carbonyl (C=O) groups is 1. The van der Waals surface area contributed by atoms with Crippen LogP contribution in [0.5, 0.6) is 0 Å². The molecule has 8 heteroatoms. The Labute approximate surface area is 136 Å². The molecule has 0 unspecified atom stereocenters. The lowest BCUT2D eigenvalue weighted by Crippen LogP contribution is -2.45. The molecule has 3 rings (SSSR count). The van der Waals surface area contributed by atoms with Gasteiger partial charge in [0.1, 0.15) is 11.0 Å². The minimum Gasteiger partial charge on any atom is -0.290 e. The third kappa shape index (κ3) is 2.36. The summed E-state index contributed by atoms with van der Waals surface area (Å²) in [6.45, 7) is 3.96. The highest BCUT2D eigenvalue weighted by Crippen LogP contribution is 2.33. The third-order valence-corrected chi connectivity index (χ3v) is 4.33. The van der Waals surface area contributed by atoms with E-state index < -0.39 is 11.7 Å². The second-order valence-electron chi connectivity index (χ2n) is 5.34. The van der Waals surface area contributed by atoms with E-state index in [1.165, 1.54) is 0 Å². The van der Waals surface area contributed by atoms with E-state index in [-0.39, 0.29) is 28.0 Å². The fourth-order valence-corrected chi connectivity index (χ4v) is 3.19. The van der Waals surface area contributed by atoms with Crippen LogP contribution in [0.15, 0.2) is 18.3 Å². The molecule has 0 aliphatic carbocycles. The van der Waals surface area contributed by atoms with E-state index in [4.69, 9.17) is 23.2 Å². The molecule has 0 fully saturated rings. The van der Waals surface area contributed by atoms with Gasteiger partial charge < -0.3 is 0 Å². The standard InChI is InChI=1S/C14H13Cl2FN4O/c1-7-5-8(2)21-11(3-4-18-21)20(7)14(22)9-6-10(17)13(16)19-12(9)15/h3-4,6-8H,5H2,1-2H3/t7-,8+/m0/s1. The Hall–Kier alpha value is -1.66. The van der Waals surface area contributed by atoms with E-state index in [9.17, 15) is 9.18 Å². The summed E-state index contributed by atoms with van der Waals surface area (Å²) in [6.07, 6.45) is 2.37. The molecular formula is C14H13Cl2FN4O. The fraction of sp³-hybridized carbons (Fsp3) is 0.357. The summed E-state index contributed by atoms with van der Waals surface area (Å²) in [5, 5.41) is 3.76. The van der Waals surface area contributed by atoms with Gasteiger partial charge in [0.15, 0.2) is 11.0 Å². The predicted octanol–water partition coefficient (Wildman–Crippen LogP) is 3.72. The predicted molar refractivity (Wildman–Crippen MR) is 82.0 cm³/mol. The number of aromatic nitrogens is 3. The summed E-state index contributed by atoms with van der Waals surface area (Å²) < 4.78 is 15.4. The van der Waals surface area contributed by atoms with Gasteiger partial charge in [-0.3, -0.25) is 9.69 Å². The highest BCUT2D eigenvalue weighted by atomic mass is 35.5. The molecule has 0 N–H and O–H groups in total. The van der Waals surface area contributed by atoms with Gasteiger partial charge >= 0.3 is 0 Å². The molecule has 0 spiro atoms. The van der Waals surface area contributed by atoms with Crippen LogP contribution in [0.25, 0.3) is 0 Å². The van der Waals surface area contributed by atoms with Crippen molar-refractivity contribution in [3.05, 3.63) is 40.0 Å². The van der Waals surface area contributed by atoms with Crippen LogP contribution < -0.4 is 4.90 Å². The third-order valence-electron chi connectivity index (χ3n) is 3.77. The molecule has 0 saturated carbocycles. The Morgan fingerprint density at radius 3 is 2.77 bits per heavy atom. The number of pyridine rings is 1. The molecule has 3 heterocycles. The molecule has 0 bridgehead atoms. The molecule has 5 nitrogen and oxygen atoms in total. The first-order chi connectivity index (χ1) is 10.4. The lowest BCUT2D eigenvalue weighted by Gasteiger charge is -2.37. The monoisotopic (exact) mass is 342 g/mol. The number of halogens is 3. The summed E-state index contributed by atoms with van der Waals surface area (Å²) in [5.41, 5.74) is -0.0160. The molecule has 0 aromatic carbocycles. The molecule has 22 heavy (non-hydrogen) atoms. The van der Waals surface area contributed by atoms with Gasteiger partial charge in [-0.05, 0) is 26.3 Å². The first-order valence-electron chi connectivity index (χ1n) is 6.78. The van der Waals surface area contributed by atoms with Crippen LogP contribution in [0, 0.1) is 5.82 Å². The average molecular weight is 343 g/mol. The molecule has 0 radical (unpaired) electrons. The first-order valence-corrected chi connectivity index (χ1v) is 7.54. The zero-order chi connectivity index (χ0) is 16.0. The summed E-state index contributed by atoms with van der Waals surface area (Å²) in [6, 6.07) is 2.88. The summed E-state index contributed by atoms with van der Waals surface area (Å²) in [5.74, 6) is -0.544. The number of fused-ring (bicyclic) bond motifs is 1. The maximum atomic E-state index is 13.6. The maximum absolute atomic E-state index is 13.6. The number of anilines is 1. The van der Waals surface area contributed by atoms with Gasteiger partial charge in [0, 0.05) is 12.1 Å². The zero-order valence-corrected chi connectivity index (χ0v) is 13.4. The van der Waals surface area contributed by atoms with Gasteiger partial charge in [-0.1, -0.05) is 23.2 Å². The maximum Gasteiger partial charge on any atom is 0.262 e. The molecule has 1 aliphatic heterocycles. The van der Waals surface area contributed by atoms with Gasteiger partial charge in [0.05, 0.1) is 17.8 Å². The number of rotatable bonds is 1. The van der Waals surface area contributed by atoms with Crippen LogP contribution >= 0.6 is 23.2 Å². The molecule has 116 valence electrons. The fourth-order valence-electron chi connectivity index (χ4n) is 2.79. The lowest BCUT2D eigenvalue weighted by atomic mass is 10.0. The molecule has 2 atom stereocenters. The molecule has 2 aromatic rings. The Balaban J connectivity index is 2.06. The Morgan fingerprint density at radius 2 is 2.05 bits per heavy atom. The average Bonchev–Trinajstić information content (AvgIpc) is 2.92. The van der Waals surface area contributed by atoms with Crippen molar-refractivity contribution in [2.75, 3.05) is 4.90 Å². The van der Waals surface area contributed by atoms with E-state index in [0.717, 1.165) is 12.5 Å². The zero-order valence-electron chi connectivity index (χ0n) is 11.9. The first kappa shape index (κ1) is 15.2. The highest BCUT2D eigenvalue weighted by Gasteiger charge is 2.34. The minimum absolute atomic E-state index is 0.0160. The van der Waals surface area contributed by atoms with Crippen molar-refractivity contribution in [1.82, 2.24) is 14.8 Å². The summed E-state index contributed by atoms with van der Waals surface area (Å²) >= 11 is 11.5. The Morgan fingerprint density at radius 1 is 1.32 bits per heavy atom. The normalized spacial score (nSPS) is 20.9. The molecule has 1 aliphatic rings. The summed E-state index contributed by atoms with van der Waals surface area (Å²) in [7, 11) is 0. The van der Waals surface area contributed by atoms with Crippen LogP contribution in [-0.2, 0) is 0 Å². The SMILES string of the molecule is C[C@@H]1C[C@H](C)N(C(=O)c2cc(F)c(Cl)nc2Cl)c2ccnn21. The van der Waals surface area contributed by atoms with E-state index in [1.54, 1.807) is 21.8 Å². The highest BCUT2D eigenvalue weighted by molar-refractivity contribution is 6.35. The number of hydrogen-bond acceptors (Lipinski definition) is 3. The van der Waals surface area contributed by atoms with Crippen molar-refractivity contribution in [3.8, 4) is 0 Å². The van der Waals surface area contributed by atoms with E-state index >= 15 is 0 Å². The molecule has 0 saturated heterocycles. The van der Waals surface area contributed by atoms with Crippen LogP contribution in [0.4, 0.5) is 10.2 Å². The summed E-state index contributed by atoms with van der Waals surface area (Å²) in [4.78, 5) is 18.0. The van der Waals surface area contributed by atoms with Crippen molar-refractivity contribution < 1.29 is 9.18 Å². The van der Waals surface area contributed by atoms with Crippen molar-refractivity contribution in [2.45, 2.75) is 32.4 Å². The topological polar surface area (TPSA) is 51.0 Å². The van der Waals surface area contributed by atoms with Crippen LogP contribution in [-0.4, -0.2) is 26.7 Å². The largest absolute Gasteiger partial charge is 0.290 e. The van der Waals surface area contributed by atoms with Crippen molar-refractivity contribution in [1.29, 1.82) is 0 Å². The molecule has 2 aromatic heterocycles. The van der Waals surface area contributed by atoms with Gasteiger partial charge in [0.25, 0.3) is 5.91 Å². The van der Waals surface area contributed by atoms with Crippen LogP contribution in [0.3, 0.4) is 0 Å². The Kier molecular flexibility index (Phi) is 3.82. The smallest absolute Gasteiger partial charge is 0.262 e. The van der Waals surface area contributed by atoms with Gasteiger partial charge in [-0.25, -0.2) is 14.1 Å².